The van der Waals surface area contributed by atoms with Gasteiger partial charge in [-0.05, 0) is 31.9 Å². The molecule has 1 aromatic carbocycles. The van der Waals surface area contributed by atoms with Crippen molar-refractivity contribution in [3.63, 3.8) is 0 Å². The van der Waals surface area contributed by atoms with Crippen molar-refractivity contribution in [3.8, 4) is 5.75 Å². The van der Waals surface area contributed by atoms with E-state index in [1.165, 1.54) is 0 Å². The number of nitrogens with one attached hydrogen (secondary N) is 1. The van der Waals surface area contributed by atoms with Gasteiger partial charge in [0.05, 0.1) is 19.6 Å². The van der Waals surface area contributed by atoms with Crippen molar-refractivity contribution in [1.29, 1.82) is 0 Å². The molecule has 1 saturated heterocycles. The minimum Gasteiger partial charge on any atom is -0.496 e. The first kappa shape index (κ1) is 19.4. The average Bonchev–Trinajstić information content (AvgIpc) is 2.63. The van der Waals surface area contributed by atoms with Crippen LogP contribution in [-0.2, 0) is 16.1 Å². The third-order valence-electron chi connectivity index (χ3n) is 4.31. The molecular weight excluding hydrogens is 342 g/mol. The van der Waals surface area contributed by atoms with Crippen LogP contribution in [0.1, 0.15) is 25.3 Å². The number of likely N-dealkylation sites (tertiary alicyclic amines) is 1. The molecule has 7 heteroatoms. The Labute approximate surface area is 154 Å². The average molecular weight is 368 g/mol. The van der Waals surface area contributed by atoms with Gasteiger partial charge in [-0.1, -0.05) is 17.7 Å². The molecule has 0 spiro atoms. The number of piperidine rings is 1. The van der Waals surface area contributed by atoms with Crippen LogP contribution in [0, 0.1) is 5.92 Å². The lowest BCUT2D eigenvalue weighted by Gasteiger charge is -2.33. The fraction of sp³-hybridized carbons (Fsp3) is 0.556. The zero-order chi connectivity index (χ0) is 18.2. The zero-order valence-electron chi connectivity index (χ0n) is 15.0. The number of ether oxygens (including phenoxy) is 2. The summed E-state index contributed by atoms with van der Waals surface area (Å²) in [6, 6.07) is 5.58. The molecule has 138 valence electrons. The molecule has 25 heavy (non-hydrogen) atoms. The Hall–Kier alpha value is -1.95. The number of carbonyl (C=O) groups is 1. The second-order valence-corrected chi connectivity index (χ2v) is 6.31. The Morgan fingerprint density at radius 2 is 2.12 bits per heavy atom. The Balaban J connectivity index is 1.91. The summed E-state index contributed by atoms with van der Waals surface area (Å²) in [5.41, 5.74) is 1.01. The number of rotatable bonds is 5. The van der Waals surface area contributed by atoms with Crippen LogP contribution >= 0.6 is 11.6 Å². The van der Waals surface area contributed by atoms with E-state index in [1.54, 1.807) is 20.2 Å². The number of nitrogens with zero attached hydrogens (tertiary/aromatic N) is 2. The minimum absolute atomic E-state index is 0.00864. The maximum Gasteiger partial charge on any atom is 0.309 e. The molecule has 2 rings (SSSR count). The predicted octanol–water partition coefficient (Wildman–Crippen LogP) is 2.70. The minimum atomic E-state index is -0.0870. The number of benzene rings is 1. The van der Waals surface area contributed by atoms with Gasteiger partial charge in [-0.15, -0.1) is 0 Å². The van der Waals surface area contributed by atoms with Gasteiger partial charge < -0.3 is 19.7 Å². The summed E-state index contributed by atoms with van der Waals surface area (Å²) in [6.45, 7) is 4.42. The number of esters is 1. The van der Waals surface area contributed by atoms with E-state index in [0.717, 1.165) is 43.2 Å². The molecule has 1 N–H and O–H groups in total. The Morgan fingerprint density at radius 1 is 1.40 bits per heavy atom. The number of guanidine groups is 1. The van der Waals surface area contributed by atoms with Crippen molar-refractivity contribution in [2.24, 2.45) is 10.9 Å². The summed E-state index contributed by atoms with van der Waals surface area (Å²) in [5.74, 6) is 1.47. The summed E-state index contributed by atoms with van der Waals surface area (Å²) in [6.07, 6.45) is 1.56. The molecule has 1 aliphatic heterocycles. The lowest BCUT2D eigenvalue weighted by atomic mass is 9.97. The maximum atomic E-state index is 11.8. The lowest BCUT2D eigenvalue weighted by molar-refractivity contribution is -0.149. The molecule has 0 saturated carbocycles. The van der Waals surface area contributed by atoms with E-state index in [0.29, 0.717) is 18.2 Å². The van der Waals surface area contributed by atoms with Gasteiger partial charge in [-0.25, -0.2) is 0 Å². The van der Waals surface area contributed by atoms with E-state index >= 15 is 0 Å². The highest BCUT2D eigenvalue weighted by atomic mass is 35.5. The summed E-state index contributed by atoms with van der Waals surface area (Å²) in [7, 11) is 3.39. The van der Waals surface area contributed by atoms with Gasteiger partial charge in [0.1, 0.15) is 5.75 Å². The van der Waals surface area contributed by atoms with Crippen LogP contribution in [0.5, 0.6) is 5.75 Å². The summed E-state index contributed by atoms with van der Waals surface area (Å²) >= 11 is 6.00. The number of carbonyl (C=O) groups excluding carboxylic acids is 1. The fourth-order valence-corrected chi connectivity index (χ4v) is 3.12. The van der Waals surface area contributed by atoms with Crippen LogP contribution in [-0.4, -0.2) is 50.7 Å². The number of methoxy groups -OCH3 is 1. The molecule has 0 unspecified atom stereocenters. The monoisotopic (exact) mass is 367 g/mol. The van der Waals surface area contributed by atoms with E-state index in [-0.39, 0.29) is 11.9 Å². The smallest absolute Gasteiger partial charge is 0.309 e. The standard InChI is InChI=1S/C18H26ClN3O3/c1-4-25-17(23)13-7-9-22(10-8-13)18(20-2)21-12-14-5-6-15(19)11-16(14)24-3/h5-6,11,13H,4,7-10,12H2,1-3H3,(H,20,21). The van der Waals surface area contributed by atoms with Gasteiger partial charge in [0.15, 0.2) is 5.96 Å². The van der Waals surface area contributed by atoms with Crippen LogP contribution in [0.3, 0.4) is 0 Å². The normalized spacial score (nSPS) is 15.8. The van der Waals surface area contributed by atoms with Crippen LogP contribution < -0.4 is 10.1 Å². The SMILES string of the molecule is CCOC(=O)C1CCN(C(=NC)NCc2ccc(Cl)cc2OC)CC1. The van der Waals surface area contributed by atoms with Crippen LogP contribution in [0.25, 0.3) is 0 Å². The van der Waals surface area contributed by atoms with Gasteiger partial charge in [-0.3, -0.25) is 9.79 Å². The molecule has 1 aromatic rings. The van der Waals surface area contributed by atoms with Gasteiger partial charge in [-0.2, -0.15) is 0 Å². The Kier molecular flexibility index (Phi) is 7.37. The number of hydrogen-bond donors (Lipinski definition) is 1. The fourth-order valence-electron chi connectivity index (χ4n) is 2.96. The predicted molar refractivity (Wildman–Crippen MR) is 99.1 cm³/mol. The molecule has 0 atom stereocenters. The van der Waals surface area contributed by atoms with Crippen molar-refractivity contribution in [3.05, 3.63) is 28.8 Å². The Bertz CT molecular complexity index is 614. The third-order valence-corrected chi connectivity index (χ3v) is 4.55. The highest BCUT2D eigenvalue weighted by Crippen LogP contribution is 2.23. The molecule has 0 radical (unpaired) electrons. The molecule has 0 bridgehead atoms. The van der Waals surface area contributed by atoms with Crippen molar-refractivity contribution in [2.45, 2.75) is 26.3 Å². The van der Waals surface area contributed by atoms with E-state index in [2.05, 4.69) is 15.2 Å². The van der Waals surface area contributed by atoms with Crippen LogP contribution in [0.2, 0.25) is 5.02 Å². The first-order chi connectivity index (χ1) is 12.1. The lowest BCUT2D eigenvalue weighted by Crippen LogP contribution is -2.46. The number of hydrogen-bond acceptors (Lipinski definition) is 4. The highest BCUT2D eigenvalue weighted by Gasteiger charge is 2.27. The molecule has 0 amide bonds. The quantitative estimate of drug-likeness (QED) is 0.492. The Morgan fingerprint density at radius 3 is 2.72 bits per heavy atom. The van der Waals surface area contributed by atoms with Gasteiger partial charge in [0, 0.05) is 37.3 Å². The molecule has 1 heterocycles. The van der Waals surface area contributed by atoms with Crippen LogP contribution in [0.4, 0.5) is 0 Å². The van der Waals surface area contributed by atoms with E-state index in [4.69, 9.17) is 21.1 Å². The molecule has 6 nitrogen and oxygen atoms in total. The van der Waals surface area contributed by atoms with Crippen molar-refractivity contribution in [1.82, 2.24) is 10.2 Å². The van der Waals surface area contributed by atoms with E-state index in [9.17, 15) is 4.79 Å². The maximum absolute atomic E-state index is 11.8. The molecule has 1 aliphatic rings. The molecular formula is C18H26ClN3O3. The second-order valence-electron chi connectivity index (χ2n) is 5.87. The van der Waals surface area contributed by atoms with Crippen molar-refractivity contribution >= 4 is 23.5 Å². The molecule has 0 aromatic heterocycles. The first-order valence-electron chi connectivity index (χ1n) is 8.53. The molecule has 0 aliphatic carbocycles. The number of halogens is 1. The van der Waals surface area contributed by atoms with Crippen LogP contribution in [0.15, 0.2) is 23.2 Å². The van der Waals surface area contributed by atoms with Gasteiger partial charge in [0.2, 0.25) is 0 Å². The summed E-state index contributed by atoms with van der Waals surface area (Å²) in [5, 5.41) is 4.00. The van der Waals surface area contributed by atoms with Crippen molar-refractivity contribution < 1.29 is 14.3 Å². The second kappa shape index (κ2) is 9.51. The van der Waals surface area contributed by atoms with E-state index < -0.39 is 0 Å². The summed E-state index contributed by atoms with van der Waals surface area (Å²) in [4.78, 5) is 18.4. The van der Waals surface area contributed by atoms with E-state index in [1.807, 2.05) is 19.1 Å². The number of aliphatic imine (C=N–C) groups is 1. The van der Waals surface area contributed by atoms with Crippen molar-refractivity contribution in [2.75, 3.05) is 33.9 Å². The third kappa shape index (κ3) is 5.26. The highest BCUT2D eigenvalue weighted by molar-refractivity contribution is 6.30. The zero-order valence-corrected chi connectivity index (χ0v) is 15.8. The summed E-state index contributed by atoms with van der Waals surface area (Å²) < 4.78 is 10.5. The molecule has 1 fully saturated rings. The topological polar surface area (TPSA) is 63.2 Å². The van der Waals surface area contributed by atoms with Gasteiger partial charge in [0.25, 0.3) is 0 Å². The van der Waals surface area contributed by atoms with Gasteiger partial charge >= 0.3 is 5.97 Å². The largest absolute Gasteiger partial charge is 0.496 e. The first-order valence-corrected chi connectivity index (χ1v) is 8.91.